The average Bonchev–Trinajstić information content (AvgIpc) is 2.75. The summed E-state index contributed by atoms with van der Waals surface area (Å²) in [5.74, 6) is -0.280. The number of rotatable bonds is 8. The molecule has 2 aliphatic heterocycles. The molecule has 0 spiro atoms. The molecular weight excluding hydrogens is 388 g/mol. The van der Waals surface area contributed by atoms with Gasteiger partial charge in [-0.3, -0.25) is 4.79 Å². The van der Waals surface area contributed by atoms with E-state index in [2.05, 4.69) is 22.2 Å². The van der Waals surface area contributed by atoms with Gasteiger partial charge in [0.15, 0.2) is 0 Å². The van der Waals surface area contributed by atoms with Crippen molar-refractivity contribution in [2.45, 2.75) is 30.6 Å². The molecular formula is C21H34N4O3S. The van der Waals surface area contributed by atoms with Gasteiger partial charge in [-0.05, 0) is 51.4 Å². The second kappa shape index (κ2) is 10.5. The summed E-state index contributed by atoms with van der Waals surface area (Å²) in [5.41, 5.74) is 0. The lowest BCUT2D eigenvalue weighted by molar-refractivity contribution is -0.126. The van der Waals surface area contributed by atoms with E-state index in [1.807, 2.05) is 0 Å². The molecule has 3 rings (SSSR count). The molecule has 0 radical (unpaired) electrons. The molecule has 2 fully saturated rings. The minimum absolute atomic E-state index is 0.0161. The lowest BCUT2D eigenvalue weighted by atomic mass is 9.99. The highest BCUT2D eigenvalue weighted by Crippen LogP contribution is 2.23. The van der Waals surface area contributed by atoms with Crippen LogP contribution in [0, 0.1) is 5.92 Å². The molecule has 29 heavy (non-hydrogen) atoms. The first kappa shape index (κ1) is 22.2. The topological polar surface area (TPSA) is 73.0 Å². The quantitative estimate of drug-likeness (QED) is 0.638. The molecule has 1 atom stereocenters. The maximum Gasteiger partial charge on any atom is 0.243 e. The van der Waals surface area contributed by atoms with Crippen molar-refractivity contribution in [3.8, 4) is 0 Å². The third kappa shape index (κ3) is 6.25. The fraction of sp³-hybridized carbons (Fsp3) is 0.667. The van der Waals surface area contributed by atoms with E-state index in [0.29, 0.717) is 24.4 Å². The molecule has 1 aromatic carbocycles. The van der Waals surface area contributed by atoms with Crippen molar-refractivity contribution >= 4 is 15.9 Å². The average molecular weight is 423 g/mol. The van der Waals surface area contributed by atoms with Gasteiger partial charge < -0.3 is 15.1 Å². The predicted octanol–water partition coefficient (Wildman–Crippen LogP) is 1.23. The van der Waals surface area contributed by atoms with Crippen molar-refractivity contribution in [3.63, 3.8) is 0 Å². The second-order valence-corrected chi connectivity index (χ2v) is 10.1. The number of hydrogen-bond donors (Lipinski definition) is 1. The Kier molecular flexibility index (Phi) is 8.06. The summed E-state index contributed by atoms with van der Waals surface area (Å²) < 4.78 is 27.1. The van der Waals surface area contributed by atoms with Crippen molar-refractivity contribution in [1.29, 1.82) is 0 Å². The van der Waals surface area contributed by atoms with Crippen LogP contribution in [0.25, 0.3) is 0 Å². The minimum Gasteiger partial charge on any atom is -0.356 e. The van der Waals surface area contributed by atoms with Gasteiger partial charge in [-0.1, -0.05) is 18.2 Å². The summed E-state index contributed by atoms with van der Waals surface area (Å²) >= 11 is 0. The van der Waals surface area contributed by atoms with Crippen molar-refractivity contribution in [2.75, 3.05) is 59.4 Å². The number of piperidine rings is 1. The Morgan fingerprint density at radius 2 is 1.79 bits per heavy atom. The molecule has 2 heterocycles. The van der Waals surface area contributed by atoms with Gasteiger partial charge in [0.25, 0.3) is 0 Å². The fourth-order valence-corrected chi connectivity index (χ4v) is 5.55. The van der Waals surface area contributed by atoms with E-state index in [1.54, 1.807) is 30.3 Å². The number of hydrogen-bond acceptors (Lipinski definition) is 5. The summed E-state index contributed by atoms with van der Waals surface area (Å²) in [6.07, 6.45) is 3.49. The fourth-order valence-electron chi connectivity index (χ4n) is 4.00. The van der Waals surface area contributed by atoms with Crippen LogP contribution in [0.5, 0.6) is 0 Å². The summed E-state index contributed by atoms with van der Waals surface area (Å²) in [7, 11) is -1.37. The maximum absolute atomic E-state index is 12.8. The summed E-state index contributed by atoms with van der Waals surface area (Å²) in [4.78, 5) is 17.7. The monoisotopic (exact) mass is 422 g/mol. The molecule has 2 saturated heterocycles. The van der Waals surface area contributed by atoms with Crippen LogP contribution in [0.15, 0.2) is 35.2 Å². The number of unbranched alkanes of at least 4 members (excludes halogenated alkanes) is 1. The number of carbonyl (C=O) groups is 1. The molecule has 0 aromatic heterocycles. The molecule has 162 valence electrons. The van der Waals surface area contributed by atoms with Gasteiger partial charge in [0.05, 0.1) is 10.8 Å². The highest BCUT2D eigenvalue weighted by molar-refractivity contribution is 7.89. The van der Waals surface area contributed by atoms with Gasteiger partial charge in [-0.15, -0.1) is 0 Å². The standard InChI is InChI=1S/C21H34N4O3S/c1-23-14-16-24(17-15-23)12-6-5-11-22-21(26)19-8-7-13-25(18-19)29(27,28)20-9-3-2-4-10-20/h2-4,9-10,19H,5-8,11-18H2,1H3,(H,22,26). The van der Waals surface area contributed by atoms with Crippen LogP contribution in [-0.2, 0) is 14.8 Å². The molecule has 7 nitrogen and oxygen atoms in total. The predicted molar refractivity (Wildman–Crippen MR) is 114 cm³/mol. The number of amides is 1. The molecule has 1 amide bonds. The Balaban J connectivity index is 1.39. The normalized spacial score (nSPS) is 22.4. The lowest BCUT2D eigenvalue weighted by Gasteiger charge is -2.32. The SMILES string of the molecule is CN1CCN(CCCCNC(=O)C2CCCN(S(=O)(=O)c3ccccc3)C2)CC1. The van der Waals surface area contributed by atoms with E-state index in [9.17, 15) is 13.2 Å². The molecule has 0 saturated carbocycles. The number of nitrogens with zero attached hydrogens (tertiary/aromatic N) is 3. The van der Waals surface area contributed by atoms with Crippen LogP contribution in [0.3, 0.4) is 0 Å². The van der Waals surface area contributed by atoms with Crippen LogP contribution in [0.2, 0.25) is 0 Å². The largest absolute Gasteiger partial charge is 0.356 e. The number of benzene rings is 1. The van der Waals surface area contributed by atoms with E-state index >= 15 is 0 Å². The van der Waals surface area contributed by atoms with Crippen LogP contribution in [0.1, 0.15) is 25.7 Å². The Hall–Kier alpha value is -1.48. The van der Waals surface area contributed by atoms with Crippen molar-refractivity contribution in [2.24, 2.45) is 5.92 Å². The molecule has 1 aromatic rings. The Morgan fingerprint density at radius 1 is 1.07 bits per heavy atom. The molecule has 0 bridgehead atoms. The number of nitrogens with one attached hydrogen (secondary N) is 1. The first-order valence-corrected chi connectivity index (χ1v) is 12.1. The summed E-state index contributed by atoms with van der Waals surface area (Å²) in [6.45, 7) is 6.98. The van der Waals surface area contributed by atoms with E-state index in [-0.39, 0.29) is 18.4 Å². The van der Waals surface area contributed by atoms with Gasteiger partial charge in [-0.25, -0.2) is 8.42 Å². The Bertz CT molecular complexity index is 748. The van der Waals surface area contributed by atoms with Crippen LogP contribution < -0.4 is 5.32 Å². The maximum atomic E-state index is 12.8. The van der Waals surface area contributed by atoms with Crippen molar-refractivity contribution in [1.82, 2.24) is 19.4 Å². The molecule has 1 N–H and O–H groups in total. The van der Waals surface area contributed by atoms with E-state index in [1.165, 1.54) is 4.31 Å². The van der Waals surface area contributed by atoms with E-state index in [0.717, 1.165) is 52.0 Å². The van der Waals surface area contributed by atoms with Crippen LogP contribution in [0.4, 0.5) is 0 Å². The lowest BCUT2D eigenvalue weighted by Crippen LogP contribution is -2.45. The zero-order valence-electron chi connectivity index (χ0n) is 17.4. The highest BCUT2D eigenvalue weighted by atomic mass is 32.2. The van der Waals surface area contributed by atoms with Crippen molar-refractivity contribution in [3.05, 3.63) is 30.3 Å². The number of sulfonamides is 1. The number of piperazine rings is 1. The molecule has 0 aliphatic carbocycles. The van der Waals surface area contributed by atoms with E-state index < -0.39 is 10.0 Å². The summed E-state index contributed by atoms with van der Waals surface area (Å²) in [6, 6.07) is 8.47. The third-order valence-electron chi connectivity index (χ3n) is 5.93. The molecule has 8 heteroatoms. The number of likely N-dealkylation sites (N-methyl/N-ethyl adjacent to an activating group) is 1. The van der Waals surface area contributed by atoms with Crippen molar-refractivity contribution < 1.29 is 13.2 Å². The first-order valence-electron chi connectivity index (χ1n) is 10.7. The highest BCUT2D eigenvalue weighted by Gasteiger charge is 2.33. The van der Waals surface area contributed by atoms with Gasteiger partial charge in [0.1, 0.15) is 0 Å². The van der Waals surface area contributed by atoms with Gasteiger partial charge in [0.2, 0.25) is 15.9 Å². The smallest absolute Gasteiger partial charge is 0.243 e. The van der Waals surface area contributed by atoms with Gasteiger partial charge in [-0.2, -0.15) is 4.31 Å². The van der Waals surface area contributed by atoms with Crippen LogP contribution in [-0.4, -0.2) is 87.8 Å². The minimum atomic E-state index is -3.53. The third-order valence-corrected chi connectivity index (χ3v) is 7.81. The second-order valence-electron chi connectivity index (χ2n) is 8.16. The van der Waals surface area contributed by atoms with E-state index in [4.69, 9.17) is 0 Å². The van der Waals surface area contributed by atoms with Gasteiger partial charge in [0, 0.05) is 45.8 Å². The number of carbonyl (C=O) groups excluding carboxylic acids is 1. The first-order chi connectivity index (χ1) is 14.0. The summed E-state index contributed by atoms with van der Waals surface area (Å²) in [5, 5.41) is 3.02. The molecule has 1 unspecified atom stereocenters. The Morgan fingerprint density at radius 3 is 2.52 bits per heavy atom. The zero-order valence-corrected chi connectivity index (χ0v) is 18.2. The van der Waals surface area contributed by atoms with Crippen LogP contribution >= 0.6 is 0 Å². The zero-order chi connectivity index (χ0) is 20.7. The Labute approximate surface area is 175 Å². The molecule has 2 aliphatic rings. The van der Waals surface area contributed by atoms with Gasteiger partial charge >= 0.3 is 0 Å².